The average Bonchev–Trinajstić information content (AvgIpc) is 3.10. The lowest BCUT2D eigenvalue weighted by Crippen LogP contribution is -2.29. The van der Waals surface area contributed by atoms with Crippen molar-refractivity contribution in [2.24, 2.45) is 4.99 Å². The van der Waals surface area contributed by atoms with Crippen molar-refractivity contribution in [2.45, 2.75) is 12.1 Å². The second-order valence-corrected chi connectivity index (χ2v) is 6.55. The van der Waals surface area contributed by atoms with Crippen molar-refractivity contribution < 1.29 is 4.79 Å². The Kier molecular flexibility index (Phi) is 3.86. The van der Waals surface area contributed by atoms with Gasteiger partial charge in [0, 0.05) is 28.6 Å². The molecule has 0 fully saturated rings. The van der Waals surface area contributed by atoms with E-state index in [4.69, 9.17) is 0 Å². The second kappa shape index (κ2) is 6.17. The fraction of sp³-hybridized carbons (Fsp3) is 0.105. The van der Waals surface area contributed by atoms with Crippen LogP contribution in [0.15, 0.2) is 76.5 Å². The monoisotopic (exact) mass is 379 g/mol. The van der Waals surface area contributed by atoms with Crippen molar-refractivity contribution in [2.75, 3.05) is 0 Å². The first kappa shape index (κ1) is 15.0. The number of pyridine rings is 1. The molecule has 0 amide bonds. The Morgan fingerprint density at radius 2 is 1.88 bits per heavy atom. The minimum absolute atomic E-state index is 0.0347. The largest absolute Gasteiger partial charge is 0.333 e. The molecule has 1 aromatic carbocycles. The molecular formula is C19H14BrN3O. The Morgan fingerprint density at radius 3 is 2.62 bits per heavy atom. The van der Waals surface area contributed by atoms with Crippen molar-refractivity contribution in [3.63, 3.8) is 0 Å². The van der Waals surface area contributed by atoms with Crippen LogP contribution in [0.2, 0.25) is 0 Å². The molecule has 0 aliphatic carbocycles. The lowest BCUT2D eigenvalue weighted by atomic mass is 9.94. The smallest absolute Gasteiger partial charge is 0.188 e. The van der Waals surface area contributed by atoms with Crippen LogP contribution in [0.25, 0.3) is 0 Å². The van der Waals surface area contributed by atoms with Crippen LogP contribution in [-0.4, -0.2) is 21.5 Å². The van der Waals surface area contributed by atoms with Gasteiger partial charge >= 0.3 is 0 Å². The first-order valence-electron chi connectivity index (χ1n) is 7.65. The van der Waals surface area contributed by atoms with Crippen LogP contribution in [0.3, 0.4) is 0 Å². The lowest BCUT2D eigenvalue weighted by molar-refractivity contribution is 0.0904. The maximum Gasteiger partial charge on any atom is 0.188 e. The zero-order chi connectivity index (χ0) is 16.5. The van der Waals surface area contributed by atoms with Gasteiger partial charge in [0.2, 0.25) is 0 Å². The summed E-state index contributed by atoms with van der Waals surface area (Å²) in [7, 11) is 0. The van der Waals surface area contributed by atoms with Crippen LogP contribution in [0, 0.1) is 0 Å². The Morgan fingerprint density at radius 1 is 1.04 bits per heavy atom. The Labute approximate surface area is 148 Å². The molecule has 1 aliphatic heterocycles. The van der Waals surface area contributed by atoms with Crippen LogP contribution >= 0.6 is 15.9 Å². The predicted molar refractivity (Wildman–Crippen MR) is 96.5 cm³/mol. The van der Waals surface area contributed by atoms with Crippen molar-refractivity contribution in [1.29, 1.82) is 0 Å². The van der Waals surface area contributed by atoms with Crippen molar-refractivity contribution >= 4 is 27.9 Å². The van der Waals surface area contributed by atoms with E-state index in [-0.39, 0.29) is 11.8 Å². The van der Waals surface area contributed by atoms with E-state index in [1.165, 1.54) is 0 Å². The first-order chi connectivity index (χ1) is 11.7. The molecule has 0 saturated carbocycles. The minimum atomic E-state index is -0.434. The summed E-state index contributed by atoms with van der Waals surface area (Å²) < 4.78 is 2.93. The Hall–Kier alpha value is -2.53. The molecule has 0 spiro atoms. The SMILES string of the molecule is O=C(c1ccc(Br)cc1)[C@@H]1[C@H](c2ccccn2)N=Cc2cccn21. The summed E-state index contributed by atoms with van der Waals surface area (Å²) in [5.74, 6) is 0.0347. The van der Waals surface area contributed by atoms with Gasteiger partial charge in [0.15, 0.2) is 5.78 Å². The maximum absolute atomic E-state index is 13.2. The third-order valence-electron chi connectivity index (χ3n) is 4.17. The first-order valence-corrected chi connectivity index (χ1v) is 8.44. The van der Waals surface area contributed by atoms with Gasteiger partial charge in [0.1, 0.15) is 12.1 Å². The third-order valence-corrected chi connectivity index (χ3v) is 4.69. The number of aromatic nitrogens is 2. The highest BCUT2D eigenvalue weighted by atomic mass is 79.9. The summed E-state index contributed by atoms with van der Waals surface area (Å²) in [5, 5.41) is 0. The highest BCUT2D eigenvalue weighted by molar-refractivity contribution is 9.10. The minimum Gasteiger partial charge on any atom is -0.333 e. The fourth-order valence-corrected chi connectivity index (χ4v) is 3.27. The van der Waals surface area contributed by atoms with E-state index in [1.807, 2.05) is 71.6 Å². The molecule has 0 radical (unpaired) electrons. The van der Waals surface area contributed by atoms with E-state index in [2.05, 4.69) is 25.9 Å². The molecule has 4 nitrogen and oxygen atoms in total. The molecule has 118 valence electrons. The number of carbonyl (C=O) groups excluding carboxylic acids is 1. The molecule has 0 N–H and O–H groups in total. The molecular weight excluding hydrogens is 366 g/mol. The molecule has 0 saturated heterocycles. The number of halogens is 1. The third kappa shape index (κ3) is 2.61. The standard InChI is InChI=1S/C19H14BrN3O/c20-14-8-6-13(7-9-14)19(24)18-17(16-5-1-2-10-21-16)22-12-15-4-3-11-23(15)18/h1-12,17-18H/t17-,18-/m0/s1. The Balaban J connectivity index is 1.80. The molecule has 2 aromatic heterocycles. The van der Waals surface area contributed by atoms with Crippen LogP contribution in [0.4, 0.5) is 0 Å². The summed E-state index contributed by atoms with van der Waals surface area (Å²) in [6.45, 7) is 0. The predicted octanol–water partition coefficient (Wildman–Crippen LogP) is 4.24. The molecule has 3 heterocycles. The summed E-state index contributed by atoms with van der Waals surface area (Å²) in [4.78, 5) is 22.3. The molecule has 1 aliphatic rings. The van der Waals surface area contributed by atoms with Crippen molar-refractivity contribution in [3.05, 3.63) is 88.4 Å². The summed E-state index contributed by atoms with van der Waals surface area (Å²) in [6.07, 6.45) is 5.47. The number of aliphatic imine (C=N–C) groups is 1. The maximum atomic E-state index is 13.2. The fourth-order valence-electron chi connectivity index (χ4n) is 3.00. The van der Waals surface area contributed by atoms with E-state index < -0.39 is 6.04 Å². The van der Waals surface area contributed by atoms with Gasteiger partial charge < -0.3 is 4.57 Å². The van der Waals surface area contributed by atoms with Gasteiger partial charge in [-0.2, -0.15) is 0 Å². The summed E-state index contributed by atoms with van der Waals surface area (Å²) in [6, 6.07) is 16.3. The van der Waals surface area contributed by atoms with E-state index in [9.17, 15) is 4.79 Å². The number of nitrogens with zero attached hydrogens (tertiary/aromatic N) is 3. The molecule has 4 rings (SSSR count). The van der Waals surface area contributed by atoms with Crippen LogP contribution in [0.1, 0.15) is 33.8 Å². The summed E-state index contributed by atoms with van der Waals surface area (Å²) in [5.41, 5.74) is 2.39. The van der Waals surface area contributed by atoms with Gasteiger partial charge in [0.25, 0.3) is 0 Å². The van der Waals surface area contributed by atoms with Crippen molar-refractivity contribution in [3.8, 4) is 0 Å². The number of benzene rings is 1. The van der Waals surface area contributed by atoms with Gasteiger partial charge in [-0.3, -0.25) is 14.8 Å². The van der Waals surface area contributed by atoms with Crippen LogP contribution in [0.5, 0.6) is 0 Å². The molecule has 5 heteroatoms. The van der Waals surface area contributed by atoms with Gasteiger partial charge in [-0.1, -0.05) is 34.1 Å². The number of rotatable bonds is 3. The number of fused-ring (bicyclic) bond motifs is 1. The number of Topliss-reactive ketones (excluding diaryl/α,β-unsaturated/α-hetero) is 1. The van der Waals surface area contributed by atoms with Crippen LogP contribution in [-0.2, 0) is 0 Å². The molecule has 3 aromatic rings. The number of hydrogen-bond acceptors (Lipinski definition) is 3. The summed E-state index contributed by atoms with van der Waals surface area (Å²) >= 11 is 3.41. The Bertz CT molecular complexity index is 900. The van der Waals surface area contributed by atoms with E-state index >= 15 is 0 Å². The average molecular weight is 380 g/mol. The van der Waals surface area contributed by atoms with Gasteiger partial charge in [-0.15, -0.1) is 0 Å². The quantitative estimate of drug-likeness (QED) is 0.638. The zero-order valence-corrected chi connectivity index (χ0v) is 14.3. The number of hydrogen-bond donors (Lipinski definition) is 0. The second-order valence-electron chi connectivity index (χ2n) is 5.63. The van der Waals surface area contributed by atoms with Gasteiger partial charge in [-0.25, -0.2) is 0 Å². The van der Waals surface area contributed by atoms with E-state index in [1.54, 1.807) is 6.20 Å². The molecule has 0 unspecified atom stereocenters. The number of carbonyl (C=O) groups is 1. The zero-order valence-electron chi connectivity index (χ0n) is 12.7. The number of ketones is 1. The topological polar surface area (TPSA) is 47.2 Å². The molecule has 0 bridgehead atoms. The molecule has 2 atom stereocenters. The van der Waals surface area contributed by atoms with E-state index in [0.29, 0.717) is 5.56 Å². The highest BCUT2D eigenvalue weighted by Crippen LogP contribution is 2.35. The van der Waals surface area contributed by atoms with E-state index in [0.717, 1.165) is 15.9 Å². The lowest BCUT2D eigenvalue weighted by Gasteiger charge is -2.28. The highest BCUT2D eigenvalue weighted by Gasteiger charge is 2.35. The van der Waals surface area contributed by atoms with Gasteiger partial charge in [0.05, 0.1) is 11.4 Å². The van der Waals surface area contributed by atoms with Crippen LogP contribution < -0.4 is 0 Å². The molecule has 24 heavy (non-hydrogen) atoms. The van der Waals surface area contributed by atoms with Gasteiger partial charge in [-0.05, 0) is 36.4 Å². The van der Waals surface area contributed by atoms with Crippen molar-refractivity contribution in [1.82, 2.24) is 9.55 Å². The normalized spacial score (nSPS) is 19.0.